The van der Waals surface area contributed by atoms with Crippen LogP contribution in [0.15, 0.2) is 53.9 Å². The third-order valence-corrected chi connectivity index (χ3v) is 4.31. The Labute approximate surface area is 157 Å². The topological polar surface area (TPSA) is 68.3 Å². The molecule has 5 nitrogen and oxygen atoms in total. The summed E-state index contributed by atoms with van der Waals surface area (Å²) in [6, 6.07) is 11.7. The molecule has 0 saturated heterocycles. The van der Waals surface area contributed by atoms with E-state index in [1.54, 1.807) is 5.38 Å². The number of nitrogens with zero attached hydrogens (tertiary/aromatic N) is 1. The van der Waals surface area contributed by atoms with Crippen LogP contribution in [0.25, 0.3) is 11.3 Å². The molecule has 1 heterocycles. The molecule has 0 aliphatic heterocycles. The first kappa shape index (κ1) is 18.7. The van der Waals surface area contributed by atoms with Crippen LogP contribution in [0.5, 0.6) is 0 Å². The van der Waals surface area contributed by atoms with E-state index >= 15 is 0 Å². The Bertz CT molecular complexity index is 956. The summed E-state index contributed by atoms with van der Waals surface area (Å²) in [5, 5.41) is 4.69. The summed E-state index contributed by atoms with van der Waals surface area (Å²) in [5.41, 5.74) is 1.30. The highest BCUT2D eigenvalue weighted by Crippen LogP contribution is 2.24. The summed E-state index contributed by atoms with van der Waals surface area (Å²) in [7, 11) is 0. The number of amides is 1. The summed E-state index contributed by atoms with van der Waals surface area (Å²) < 4.78 is 31.3. The van der Waals surface area contributed by atoms with Gasteiger partial charge in [-0.3, -0.25) is 10.1 Å². The van der Waals surface area contributed by atoms with Crippen molar-refractivity contribution in [1.82, 2.24) is 4.98 Å². The summed E-state index contributed by atoms with van der Waals surface area (Å²) in [5.74, 6) is -3.42. The Balaban J connectivity index is 1.62. The first-order valence-electron chi connectivity index (χ1n) is 7.91. The van der Waals surface area contributed by atoms with Gasteiger partial charge < -0.3 is 4.74 Å². The average Bonchev–Trinajstić information content (AvgIpc) is 3.10. The fourth-order valence-corrected chi connectivity index (χ4v) is 2.96. The predicted molar refractivity (Wildman–Crippen MR) is 97.4 cm³/mol. The number of benzene rings is 2. The number of rotatable bonds is 5. The molecule has 1 N–H and O–H groups in total. The maximum Gasteiger partial charge on any atom is 0.339 e. The van der Waals surface area contributed by atoms with E-state index in [1.807, 2.05) is 30.3 Å². The van der Waals surface area contributed by atoms with Crippen LogP contribution in [-0.4, -0.2) is 23.0 Å². The third-order valence-electron chi connectivity index (χ3n) is 3.56. The van der Waals surface area contributed by atoms with Gasteiger partial charge in [0, 0.05) is 17.0 Å². The molecule has 3 aromatic rings. The Kier molecular flexibility index (Phi) is 5.56. The zero-order chi connectivity index (χ0) is 19.4. The number of esters is 1. The van der Waals surface area contributed by atoms with Crippen molar-refractivity contribution in [2.45, 2.75) is 13.0 Å². The minimum absolute atomic E-state index is 0.312. The Hall–Kier alpha value is -3.13. The predicted octanol–water partition coefficient (Wildman–Crippen LogP) is 4.27. The number of anilines is 1. The van der Waals surface area contributed by atoms with E-state index in [1.165, 1.54) is 18.3 Å². The number of carbonyl (C=O) groups is 2. The fraction of sp³-hybridized carbons (Fsp3) is 0.105. The van der Waals surface area contributed by atoms with Crippen molar-refractivity contribution in [2.24, 2.45) is 0 Å². The minimum Gasteiger partial charge on any atom is -0.449 e. The van der Waals surface area contributed by atoms with E-state index in [4.69, 9.17) is 4.74 Å². The Morgan fingerprint density at radius 2 is 1.78 bits per heavy atom. The van der Waals surface area contributed by atoms with Gasteiger partial charge in [-0.05, 0) is 19.1 Å². The quantitative estimate of drug-likeness (QED) is 0.663. The van der Waals surface area contributed by atoms with Crippen LogP contribution in [0.2, 0.25) is 0 Å². The van der Waals surface area contributed by atoms with Crippen molar-refractivity contribution in [3.63, 3.8) is 0 Å². The molecule has 1 aromatic heterocycles. The smallest absolute Gasteiger partial charge is 0.339 e. The maximum absolute atomic E-state index is 13.2. The lowest BCUT2D eigenvalue weighted by molar-refractivity contribution is -0.123. The van der Waals surface area contributed by atoms with Crippen LogP contribution < -0.4 is 5.32 Å². The van der Waals surface area contributed by atoms with Gasteiger partial charge in [-0.1, -0.05) is 30.3 Å². The van der Waals surface area contributed by atoms with Crippen LogP contribution in [0.1, 0.15) is 17.3 Å². The second-order valence-corrected chi connectivity index (χ2v) is 6.46. The lowest BCUT2D eigenvalue weighted by Crippen LogP contribution is -2.30. The second-order valence-electron chi connectivity index (χ2n) is 5.60. The highest BCUT2D eigenvalue weighted by atomic mass is 32.1. The van der Waals surface area contributed by atoms with Gasteiger partial charge in [0.15, 0.2) is 11.2 Å². The summed E-state index contributed by atoms with van der Waals surface area (Å²) in [6.45, 7) is 1.36. The van der Waals surface area contributed by atoms with Crippen molar-refractivity contribution in [3.8, 4) is 11.3 Å². The number of thiazole rings is 1. The molecule has 1 amide bonds. The summed E-state index contributed by atoms with van der Waals surface area (Å²) >= 11 is 1.23. The monoisotopic (exact) mass is 388 g/mol. The second kappa shape index (κ2) is 8.05. The van der Waals surface area contributed by atoms with E-state index in [2.05, 4.69) is 10.3 Å². The maximum atomic E-state index is 13.2. The van der Waals surface area contributed by atoms with Gasteiger partial charge in [-0.15, -0.1) is 11.3 Å². The van der Waals surface area contributed by atoms with E-state index < -0.39 is 29.6 Å². The number of hydrogen-bond acceptors (Lipinski definition) is 5. The fourth-order valence-electron chi connectivity index (χ4n) is 2.23. The Morgan fingerprint density at radius 3 is 2.44 bits per heavy atom. The third kappa shape index (κ3) is 4.73. The molecular formula is C19H14F2N2O3S. The lowest BCUT2D eigenvalue weighted by Gasteiger charge is -2.12. The normalized spacial score (nSPS) is 11.7. The molecular weight excluding hydrogens is 374 g/mol. The molecule has 3 rings (SSSR count). The largest absolute Gasteiger partial charge is 0.449 e. The van der Waals surface area contributed by atoms with E-state index in [0.717, 1.165) is 17.7 Å². The molecule has 0 saturated carbocycles. The van der Waals surface area contributed by atoms with Crippen LogP contribution in [0.4, 0.5) is 13.9 Å². The Morgan fingerprint density at radius 1 is 1.11 bits per heavy atom. The highest BCUT2D eigenvalue weighted by molar-refractivity contribution is 7.14. The molecule has 8 heteroatoms. The van der Waals surface area contributed by atoms with Crippen molar-refractivity contribution >= 4 is 28.3 Å². The number of carbonyl (C=O) groups excluding carboxylic acids is 2. The van der Waals surface area contributed by atoms with Gasteiger partial charge in [0.2, 0.25) is 0 Å². The molecule has 138 valence electrons. The van der Waals surface area contributed by atoms with Gasteiger partial charge in [0.1, 0.15) is 11.6 Å². The van der Waals surface area contributed by atoms with Crippen molar-refractivity contribution in [3.05, 3.63) is 71.1 Å². The number of ether oxygens (including phenoxy) is 1. The van der Waals surface area contributed by atoms with Crippen molar-refractivity contribution in [1.29, 1.82) is 0 Å². The molecule has 0 radical (unpaired) electrons. The lowest BCUT2D eigenvalue weighted by atomic mass is 10.2. The number of hydrogen-bond donors (Lipinski definition) is 1. The molecule has 27 heavy (non-hydrogen) atoms. The first-order chi connectivity index (χ1) is 12.9. The van der Waals surface area contributed by atoms with Crippen molar-refractivity contribution in [2.75, 3.05) is 5.32 Å². The van der Waals surface area contributed by atoms with Gasteiger partial charge in [0.25, 0.3) is 5.91 Å². The average molecular weight is 388 g/mol. The molecule has 0 bridgehead atoms. The molecule has 1 atom stereocenters. The molecule has 0 spiro atoms. The zero-order valence-corrected chi connectivity index (χ0v) is 14.9. The molecule has 0 fully saturated rings. The van der Waals surface area contributed by atoms with Gasteiger partial charge >= 0.3 is 5.97 Å². The summed E-state index contributed by atoms with van der Waals surface area (Å²) in [6.07, 6.45) is -1.17. The molecule has 0 aliphatic carbocycles. The SMILES string of the molecule is CC(OC(=O)c1cc(F)cc(F)c1)C(=O)Nc1nc(-c2ccccc2)cs1. The minimum atomic E-state index is -1.17. The van der Waals surface area contributed by atoms with Gasteiger partial charge in [-0.2, -0.15) is 0 Å². The summed E-state index contributed by atoms with van der Waals surface area (Å²) in [4.78, 5) is 28.5. The van der Waals surface area contributed by atoms with Crippen LogP contribution in [-0.2, 0) is 9.53 Å². The van der Waals surface area contributed by atoms with E-state index in [-0.39, 0.29) is 5.56 Å². The van der Waals surface area contributed by atoms with Gasteiger partial charge in [0.05, 0.1) is 11.3 Å². The van der Waals surface area contributed by atoms with Gasteiger partial charge in [-0.25, -0.2) is 18.6 Å². The number of nitrogens with one attached hydrogen (secondary N) is 1. The number of aromatic nitrogens is 1. The molecule has 0 aliphatic rings. The molecule has 2 aromatic carbocycles. The standard InChI is InChI=1S/C19H14F2N2O3S/c1-11(26-18(25)13-7-14(20)9-15(21)8-13)17(24)23-19-22-16(10-27-19)12-5-3-2-4-6-12/h2-11H,1H3,(H,22,23,24). The van der Waals surface area contributed by atoms with E-state index in [0.29, 0.717) is 16.9 Å². The molecule has 1 unspecified atom stereocenters. The zero-order valence-electron chi connectivity index (χ0n) is 14.1. The van der Waals surface area contributed by atoms with Crippen LogP contribution >= 0.6 is 11.3 Å². The highest BCUT2D eigenvalue weighted by Gasteiger charge is 2.21. The van der Waals surface area contributed by atoms with Crippen LogP contribution in [0.3, 0.4) is 0 Å². The van der Waals surface area contributed by atoms with Crippen LogP contribution in [0, 0.1) is 11.6 Å². The number of halogens is 2. The van der Waals surface area contributed by atoms with Crippen molar-refractivity contribution < 1.29 is 23.1 Å². The first-order valence-corrected chi connectivity index (χ1v) is 8.79. The van der Waals surface area contributed by atoms with E-state index in [9.17, 15) is 18.4 Å².